The van der Waals surface area contributed by atoms with Gasteiger partial charge in [-0.1, -0.05) is 22.0 Å². The van der Waals surface area contributed by atoms with E-state index in [1.54, 1.807) is 18.2 Å². The summed E-state index contributed by atoms with van der Waals surface area (Å²) in [5.41, 5.74) is 0.966. The third-order valence-corrected chi connectivity index (χ3v) is 3.98. The summed E-state index contributed by atoms with van der Waals surface area (Å²) in [7, 11) is 0. The summed E-state index contributed by atoms with van der Waals surface area (Å²) >= 11 is 3.35. The Balaban J connectivity index is 1.63. The molecule has 0 fully saturated rings. The molecule has 4 nitrogen and oxygen atoms in total. The van der Waals surface area contributed by atoms with Gasteiger partial charge in [-0.25, -0.2) is 4.39 Å². The molecule has 3 rings (SSSR count). The second-order valence-electron chi connectivity index (χ2n) is 5.45. The van der Waals surface area contributed by atoms with Gasteiger partial charge in [0.1, 0.15) is 23.9 Å². The number of ether oxygens (including phenoxy) is 1. The van der Waals surface area contributed by atoms with Crippen molar-refractivity contribution in [3.05, 3.63) is 82.0 Å². The standard InChI is InChI=1S/C19H15BrFNO3/c1-12-2-8-16(21)17(10-12)22-19(23)18-9-7-15(25-18)11-24-14-5-3-13(20)4-6-14/h2-10H,11H2,1H3,(H,22,23). The second kappa shape index (κ2) is 7.53. The Kier molecular flexibility index (Phi) is 5.19. The molecule has 0 aliphatic rings. The van der Waals surface area contributed by atoms with Crippen LogP contribution in [0, 0.1) is 12.7 Å². The molecule has 0 saturated heterocycles. The van der Waals surface area contributed by atoms with Gasteiger partial charge in [0.05, 0.1) is 5.69 Å². The van der Waals surface area contributed by atoms with Crippen molar-refractivity contribution in [2.45, 2.75) is 13.5 Å². The van der Waals surface area contributed by atoms with Crippen molar-refractivity contribution in [2.75, 3.05) is 5.32 Å². The fourth-order valence-corrected chi connectivity index (χ4v) is 2.45. The monoisotopic (exact) mass is 403 g/mol. The summed E-state index contributed by atoms with van der Waals surface area (Å²) in [5.74, 6) is 0.268. The molecule has 1 N–H and O–H groups in total. The van der Waals surface area contributed by atoms with E-state index in [0.717, 1.165) is 10.0 Å². The van der Waals surface area contributed by atoms with Gasteiger partial charge in [0.25, 0.3) is 5.91 Å². The van der Waals surface area contributed by atoms with Gasteiger partial charge in [0.2, 0.25) is 0 Å². The van der Waals surface area contributed by atoms with Crippen LogP contribution in [0.2, 0.25) is 0 Å². The van der Waals surface area contributed by atoms with Crippen molar-refractivity contribution in [3.8, 4) is 5.75 Å². The van der Waals surface area contributed by atoms with Crippen LogP contribution >= 0.6 is 15.9 Å². The van der Waals surface area contributed by atoms with Gasteiger partial charge in [0, 0.05) is 4.47 Å². The molecule has 1 heterocycles. The lowest BCUT2D eigenvalue weighted by Gasteiger charge is -2.06. The van der Waals surface area contributed by atoms with E-state index in [4.69, 9.17) is 9.15 Å². The van der Waals surface area contributed by atoms with Gasteiger partial charge in [-0.3, -0.25) is 4.79 Å². The normalized spacial score (nSPS) is 10.5. The van der Waals surface area contributed by atoms with Crippen LogP contribution in [0.25, 0.3) is 0 Å². The lowest BCUT2D eigenvalue weighted by molar-refractivity contribution is 0.0992. The Hall–Kier alpha value is -2.60. The molecule has 25 heavy (non-hydrogen) atoms. The summed E-state index contributed by atoms with van der Waals surface area (Å²) < 4.78 is 25.7. The van der Waals surface area contributed by atoms with Gasteiger partial charge in [0.15, 0.2) is 5.76 Å². The molecule has 6 heteroatoms. The highest BCUT2D eigenvalue weighted by Gasteiger charge is 2.14. The number of halogens is 2. The predicted molar refractivity (Wildman–Crippen MR) is 96.3 cm³/mol. The van der Waals surface area contributed by atoms with E-state index in [1.807, 2.05) is 31.2 Å². The number of aryl methyl sites for hydroxylation is 1. The molecule has 3 aromatic rings. The zero-order valence-corrected chi connectivity index (χ0v) is 15.0. The minimum Gasteiger partial charge on any atom is -0.486 e. The molecule has 0 atom stereocenters. The number of benzene rings is 2. The van der Waals surface area contributed by atoms with Gasteiger partial charge < -0.3 is 14.5 Å². The van der Waals surface area contributed by atoms with Crippen LogP contribution in [-0.2, 0) is 6.61 Å². The molecule has 1 aromatic heterocycles. The first-order chi connectivity index (χ1) is 12.0. The van der Waals surface area contributed by atoms with Crippen molar-refractivity contribution in [2.24, 2.45) is 0 Å². The number of amides is 1. The molecular weight excluding hydrogens is 389 g/mol. The predicted octanol–water partition coefficient (Wildman–Crippen LogP) is 5.32. The minimum absolute atomic E-state index is 0.0929. The first-order valence-electron chi connectivity index (χ1n) is 7.56. The molecule has 2 aromatic carbocycles. The van der Waals surface area contributed by atoms with Crippen molar-refractivity contribution in [1.82, 2.24) is 0 Å². The van der Waals surface area contributed by atoms with Crippen LogP contribution in [0.5, 0.6) is 5.75 Å². The van der Waals surface area contributed by atoms with Crippen LogP contribution in [0.15, 0.2) is 63.5 Å². The average molecular weight is 404 g/mol. The van der Waals surface area contributed by atoms with E-state index in [9.17, 15) is 9.18 Å². The Labute approximate surface area is 152 Å². The van der Waals surface area contributed by atoms with Crippen molar-refractivity contribution in [1.29, 1.82) is 0 Å². The number of anilines is 1. The summed E-state index contributed by atoms with van der Waals surface area (Å²) in [6.45, 7) is 2.01. The molecule has 0 unspecified atom stereocenters. The quantitative estimate of drug-likeness (QED) is 0.626. The Bertz CT molecular complexity index is 890. The van der Waals surface area contributed by atoms with E-state index in [2.05, 4.69) is 21.2 Å². The number of rotatable bonds is 5. The molecule has 0 spiro atoms. The minimum atomic E-state index is -0.514. The highest BCUT2D eigenvalue weighted by Crippen LogP contribution is 2.20. The number of carbonyl (C=O) groups excluding carboxylic acids is 1. The fourth-order valence-electron chi connectivity index (χ4n) is 2.18. The van der Waals surface area contributed by atoms with E-state index >= 15 is 0 Å². The highest BCUT2D eigenvalue weighted by atomic mass is 79.9. The number of furan rings is 1. The zero-order chi connectivity index (χ0) is 17.8. The van der Waals surface area contributed by atoms with E-state index in [1.165, 1.54) is 12.1 Å². The topological polar surface area (TPSA) is 51.5 Å². The van der Waals surface area contributed by atoms with Crippen molar-refractivity contribution >= 4 is 27.5 Å². The van der Waals surface area contributed by atoms with Gasteiger partial charge >= 0.3 is 0 Å². The highest BCUT2D eigenvalue weighted by molar-refractivity contribution is 9.10. The Morgan fingerprint density at radius 2 is 1.92 bits per heavy atom. The molecule has 0 bridgehead atoms. The smallest absolute Gasteiger partial charge is 0.291 e. The van der Waals surface area contributed by atoms with Crippen molar-refractivity contribution < 1.29 is 18.3 Å². The lowest BCUT2D eigenvalue weighted by Crippen LogP contribution is -2.12. The molecule has 128 valence electrons. The summed E-state index contributed by atoms with van der Waals surface area (Å²) in [4.78, 5) is 12.2. The van der Waals surface area contributed by atoms with Crippen LogP contribution in [0.3, 0.4) is 0 Å². The fraction of sp³-hybridized carbons (Fsp3) is 0.105. The Morgan fingerprint density at radius 1 is 1.16 bits per heavy atom. The van der Waals surface area contributed by atoms with Gasteiger partial charge in [-0.2, -0.15) is 0 Å². The van der Waals surface area contributed by atoms with Crippen LogP contribution < -0.4 is 10.1 Å². The third kappa shape index (κ3) is 4.48. The molecule has 0 aliphatic carbocycles. The second-order valence-corrected chi connectivity index (χ2v) is 6.36. The maximum atomic E-state index is 13.7. The van der Waals surface area contributed by atoms with Gasteiger partial charge in [-0.05, 0) is 61.0 Å². The van der Waals surface area contributed by atoms with E-state index in [-0.39, 0.29) is 18.1 Å². The van der Waals surface area contributed by atoms with Crippen LogP contribution in [0.1, 0.15) is 21.9 Å². The van der Waals surface area contributed by atoms with Crippen LogP contribution in [0.4, 0.5) is 10.1 Å². The largest absolute Gasteiger partial charge is 0.486 e. The molecule has 0 saturated carbocycles. The third-order valence-electron chi connectivity index (χ3n) is 3.45. The molecule has 1 amide bonds. The molecular formula is C19H15BrFNO3. The first-order valence-corrected chi connectivity index (χ1v) is 8.35. The zero-order valence-electron chi connectivity index (χ0n) is 13.4. The maximum absolute atomic E-state index is 13.7. The number of nitrogens with one attached hydrogen (secondary N) is 1. The molecule has 0 aliphatic heterocycles. The summed E-state index contributed by atoms with van der Waals surface area (Å²) in [5, 5.41) is 2.51. The number of hydrogen-bond acceptors (Lipinski definition) is 3. The Morgan fingerprint density at radius 3 is 2.68 bits per heavy atom. The lowest BCUT2D eigenvalue weighted by atomic mass is 10.2. The van der Waals surface area contributed by atoms with Crippen molar-refractivity contribution in [3.63, 3.8) is 0 Å². The summed E-state index contributed by atoms with van der Waals surface area (Å²) in [6, 6.07) is 15.1. The van der Waals surface area contributed by atoms with E-state index in [0.29, 0.717) is 11.5 Å². The van der Waals surface area contributed by atoms with E-state index < -0.39 is 11.7 Å². The first kappa shape index (κ1) is 17.2. The SMILES string of the molecule is Cc1ccc(F)c(NC(=O)c2ccc(COc3ccc(Br)cc3)o2)c1. The number of carbonyl (C=O) groups is 1. The van der Waals surface area contributed by atoms with Crippen LogP contribution in [-0.4, -0.2) is 5.91 Å². The number of hydrogen-bond donors (Lipinski definition) is 1. The summed E-state index contributed by atoms with van der Waals surface area (Å²) in [6.07, 6.45) is 0. The van der Waals surface area contributed by atoms with Gasteiger partial charge in [-0.15, -0.1) is 0 Å². The molecule has 0 radical (unpaired) electrons. The maximum Gasteiger partial charge on any atom is 0.291 e. The average Bonchev–Trinajstić information content (AvgIpc) is 3.07.